The van der Waals surface area contributed by atoms with Gasteiger partial charge in [0.2, 0.25) is 10.0 Å². The number of hydrogen-bond acceptors (Lipinski definition) is 5. The van der Waals surface area contributed by atoms with Gasteiger partial charge in [0.05, 0.1) is 16.6 Å². The summed E-state index contributed by atoms with van der Waals surface area (Å²) in [6.45, 7) is 3.43. The van der Waals surface area contributed by atoms with Crippen LogP contribution < -0.4 is 0 Å². The molecule has 0 saturated carbocycles. The Hall–Kier alpha value is -3.29. The molecule has 7 heteroatoms. The van der Waals surface area contributed by atoms with E-state index >= 15 is 0 Å². The van der Waals surface area contributed by atoms with E-state index in [0.717, 1.165) is 5.56 Å². The number of benzene rings is 2. The van der Waals surface area contributed by atoms with Crippen LogP contribution in [0.1, 0.15) is 31.1 Å². The molecule has 0 spiro atoms. The van der Waals surface area contributed by atoms with Crippen molar-refractivity contribution in [2.75, 3.05) is 6.54 Å². The Morgan fingerprint density at radius 2 is 1.75 bits per heavy atom. The highest BCUT2D eigenvalue weighted by molar-refractivity contribution is 7.89. The third kappa shape index (κ3) is 3.97. The topological polar surface area (TPSA) is 87.6 Å². The Bertz CT molecular complexity index is 1270. The average molecular weight is 449 g/mol. The van der Waals surface area contributed by atoms with E-state index in [2.05, 4.69) is 4.98 Å². The van der Waals surface area contributed by atoms with Gasteiger partial charge in [0, 0.05) is 23.7 Å². The minimum Gasteiger partial charge on any atom is -0.508 e. The van der Waals surface area contributed by atoms with Crippen molar-refractivity contribution >= 4 is 21.9 Å². The van der Waals surface area contributed by atoms with Gasteiger partial charge in [0.25, 0.3) is 0 Å². The summed E-state index contributed by atoms with van der Waals surface area (Å²) in [4.78, 5) is 17.8. The summed E-state index contributed by atoms with van der Waals surface area (Å²) in [6, 6.07) is 19.4. The molecule has 1 saturated heterocycles. The van der Waals surface area contributed by atoms with E-state index < -0.39 is 21.5 Å². The highest BCUT2D eigenvalue weighted by Gasteiger charge is 2.51. The van der Waals surface area contributed by atoms with Crippen molar-refractivity contribution in [1.29, 1.82) is 0 Å². The molecule has 6 nitrogen and oxygen atoms in total. The van der Waals surface area contributed by atoms with Crippen LogP contribution in [0.4, 0.5) is 0 Å². The molecule has 0 amide bonds. The molecule has 164 valence electrons. The van der Waals surface area contributed by atoms with Crippen molar-refractivity contribution < 1.29 is 18.3 Å². The number of piperidine rings is 1. The number of phenolic OH excluding ortho intramolecular Hbond substituents is 1. The SMILES string of the molecule is CC1(C)C(=O)/C(=C\c2ccccn2)CN(S(=O)(=O)c2cccc(O)c2)C1c1ccccc1. The standard InChI is InChI=1S/C25H24N2O4S/c1-25(2)23(18-9-4-3-5-10-18)27(32(30,31)22-13-8-12-21(28)16-22)17-19(24(25)29)15-20-11-6-7-14-26-20/h3-16,23,28H,17H2,1-2H3/b19-15-. The molecule has 4 rings (SSSR count). The molecule has 1 N–H and O–H groups in total. The van der Waals surface area contributed by atoms with Gasteiger partial charge in [-0.05, 0) is 42.0 Å². The monoisotopic (exact) mass is 448 g/mol. The maximum Gasteiger partial charge on any atom is 0.244 e. The molecule has 32 heavy (non-hydrogen) atoms. The first-order valence-corrected chi connectivity index (χ1v) is 11.7. The summed E-state index contributed by atoms with van der Waals surface area (Å²) < 4.78 is 28.9. The normalized spacial score (nSPS) is 20.4. The number of aromatic hydroxyl groups is 1. The summed E-state index contributed by atoms with van der Waals surface area (Å²) in [5, 5.41) is 9.89. The molecule has 1 aliphatic heterocycles. The van der Waals surface area contributed by atoms with Gasteiger partial charge in [-0.1, -0.05) is 56.3 Å². The molecular weight excluding hydrogens is 424 g/mol. The van der Waals surface area contributed by atoms with Gasteiger partial charge < -0.3 is 5.11 Å². The fourth-order valence-electron chi connectivity index (χ4n) is 4.20. The van der Waals surface area contributed by atoms with E-state index in [4.69, 9.17) is 0 Å². The fraction of sp³-hybridized carbons (Fsp3) is 0.200. The maximum absolute atomic E-state index is 13.8. The molecule has 2 aromatic carbocycles. The Balaban J connectivity index is 1.90. The number of sulfonamides is 1. The molecular formula is C25H24N2O4S. The second-order valence-electron chi connectivity index (χ2n) is 8.34. The first kappa shape index (κ1) is 21.9. The quantitative estimate of drug-likeness (QED) is 0.604. The summed E-state index contributed by atoms with van der Waals surface area (Å²) in [5.74, 6) is -0.265. The van der Waals surface area contributed by atoms with Crippen LogP contribution in [-0.4, -0.2) is 35.1 Å². The lowest BCUT2D eigenvalue weighted by Crippen LogP contribution is -2.52. The van der Waals surface area contributed by atoms with Crippen molar-refractivity contribution in [2.45, 2.75) is 24.8 Å². The van der Waals surface area contributed by atoms with E-state index in [1.807, 2.05) is 36.4 Å². The van der Waals surface area contributed by atoms with Crippen LogP contribution in [0.2, 0.25) is 0 Å². The lowest BCUT2D eigenvalue weighted by atomic mass is 9.72. The van der Waals surface area contributed by atoms with Crippen LogP contribution in [-0.2, 0) is 14.8 Å². The van der Waals surface area contributed by atoms with Crippen LogP contribution in [0.3, 0.4) is 0 Å². The van der Waals surface area contributed by atoms with Crippen LogP contribution in [0.25, 0.3) is 6.08 Å². The van der Waals surface area contributed by atoms with Crippen LogP contribution >= 0.6 is 0 Å². The third-order valence-corrected chi connectivity index (χ3v) is 7.53. The second kappa shape index (κ2) is 8.33. The van der Waals surface area contributed by atoms with Crippen LogP contribution in [0.15, 0.2) is 89.5 Å². The number of phenols is 1. The number of rotatable bonds is 4. The third-order valence-electron chi connectivity index (χ3n) is 5.72. The molecule has 1 atom stereocenters. The number of pyridine rings is 1. The molecule has 0 bridgehead atoms. The number of carbonyl (C=O) groups is 1. The predicted octanol–water partition coefficient (Wildman–Crippen LogP) is 4.21. The summed E-state index contributed by atoms with van der Waals surface area (Å²) in [7, 11) is -4.04. The zero-order valence-electron chi connectivity index (χ0n) is 17.8. The molecule has 3 aromatic rings. The van der Waals surface area contributed by atoms with Crippen molar-refractivity contribution in [2.24, 2.45) is 5.41 Å². The van der Waals surface area contributed by atoms with Crippen LogP contribution in [0, 0.1) is 5.41 Å². The van der Waals surface area contributed by atoms with Crippen LogP contribution in [0.5, 0.6) is 5.75 Å². The van der Waals surface area contributed by atoms with Gasteiger partial charge in [-0.25, -0.2) is 8.42 Å². The van der Waals surface area contributed by atoms with E-state index in [1.165, 1.54) is 28.6 Å². The van der Waals surface area contributed by atoms with Gasteiger partial charge >= 0.3 is 0 Å². The first-order chi connectivity index (χ1) is 15.2. The lowest BCUT2D eigenvalue weighted by molar-refractivity contribution is -0.128. The zero-order chi connectivity index (χ0) is 22.9. The average Bonchev–Trinajstić information content (AvgIpc) is 2.78. The van der Waals surface area contributed by atoms with Crippen molar-refractivity contribution in [3.8, 4) is 5.75 Å². The van der Waals surface area contributed by atoms with Gasteiger partial charge in [-0.3, -0.25) is 9.78 Å². The van der Waals surface area contributed by atoms with Crippen molar-refractivity contribution in [3.05, 3.63) is 95.8 Å². The van der Waals surface area contributed by atoms with Crippen molar-refractivity contribution in [3.63, 3.8) is 0 Å². The number of nitrogens with zero attached hydrogens (tertiary/aromatic N) is 2. The molecule has 0 radical (unpaired) electrons. The molecule has 0 aliphatic carbocycles. The highest BCUT2D eigenvalue weighted by Crippen LogP contribution is 2.47. The van der Waals surface area contributed by atoms with Gasteiger partial charge in [0.15, 0.2) is 5.78 Å². The number of hydrogen-bond donors (Lipinski definition) is 1. The van der Waals surface area contributed by atoms with E-state index in [1.54, 1.807) is 38.3 Å². The maximum atomic E-state index is 13.8. The summed E-state index contributed by atoms with van der Waals surface area (Å²) >= 11 is 0. The minimum atomic E-state index is -4.04. The number of Topliss-reactive ketones (excluding diaryl/α,β-unsaturated/α-hetero) is 1. The summed E-state index contributed by atoms with van der Waals surface area (Å²) in [5.41, 5.74) is 0.639. The second-order valence-corrected chi connectivity index (χ2v) is 10.2. The Morgan fingerprint density at radius 1 is 1.03 bits per heavy atom. The smallest absolute Gasteiger partial charge is 0.244 e. The molecule has 1 aromatic heterocycles. The molecule has 2 heterocycles. The van der Waals surface area contributed by atoms with Gasteiger partial charge in [-0.15, -0.1) is 0 Å². The number of carbonyl (C=O) groups excluding carboxylic acids is 1. The number of aromatic nitrogens is 1. The van der Waals surface area contributed by atoms with E-state index in [0.29, 0.717) is 11.3 Å². The Kier molecular flexibility index (Phi) is 5.71. The van der Waals surface area contributed by atoms with Gasteiger partial charge in [-0.2, -0.15) is 4.31 Å². The minimum absolute atomic E-state index is 0.0271. The van der Waals surface area contributed by atoms with E-state index in [-0.39, 0.29) is 23.0 Å². The predicted molar refractivity (Wildman–Crippen MR) is 122 cm³/mol. The fourth-order valence-corrected chi connectivity index (χ4v) is 5.96. The lowest BCUT2D eigenvalue weighted by Gasteiger charge is -2.45. The largest absolute Gasteiger partial charge is 0.508 e. The molecule has 1 unspecified atom stereocenters. The first-order valence-electron chi connectivity index (χ1n) is 10.2. The zero-order valence-corrected chi connectivity index (χ0v) is 18.7. The number of ketones is 1. The Labute approximate surface area is 187 Å². The molecule has 1 fully saturated rings. The highest BCUT2D eigenvalue weighted by atomic mass is 32.2. The van der Waals surface area contributed by atoms with Gasteiger partial charge in [0.1, 0.15) is 5.75 Å². The van der Waals surface area contributed by atoms with Crippen molar-refractivity contribution in [1.82, 2.24) is 9.29 Å². The van der Waals surface area contributed by atoms with E-state index in [9.17, 15) is 18.3 Å². The molecule has 1 aliphatic rings. The Morgan fingerprint density at radius 3 is 2.41 bits per heavy atom. The summed E-state index contributed by atoms with van der Waals surface area (Å²) in [6.07, 6.45) is 3.27.